The van der Waals surface area contributed by atoms with Crippen molar-refractivity contribution in [2.45, 2.75) is 45.7 Å². The normalized spacial score (nSPS) is 15.8. The quantitative estimate of drug-likeness (QED) is 0.220. The van der Waals surface area contributed by atoms with Gasteiger partial charge in [-0.25, -0.2) is 14.5 Å². The molecule has 8 nitrogen and oxygen atoms in total. The zero-order chi connectivity index (χ0) is 26.6. The fourth-order valence-corrected chi connectivity index (χ4v) is 5.29. The number of hydrogen-bond donors (Lipinski definition) is 1. The van der Waals surface area contributed by atoms with Gasteiger partial charge in [-0.1, -0.05) is 58.2 Å². The lowest BCUT2D eigenvalue weighted by Crippen LogP contribution is -2.53. The highest BCUT2D eigenvalue weighted by Gasteiger charge is 2.35. The highest BCUT2D eigenvalue weighted by atomic mass is 32.2. The highest BCUT2D eigenvalue weighted by Crippen LogP contribution is 2.35. The molecule has 9 heteroatoms. The van der Waals surface area contributed by atoms with E-state index < -0.39 is 0 Å². The van der Waals surface area contributed by atoms with Gasteiger partial charge in [0, 0.05) is 37.4 Å². The van der Waals surface area contributed by atoms with Crippen LogP contribution in [0.5, 0.6) is 0 Å². The largest absolute Gasteiger partial charge is 0.355 e. The first kappa shape index (κ1) is 26.9. The van der Waals surface area contributed by atoms with E-state index in [0.717, 1.165) is 42.6 Å². The van der Waals surface area contributed by atoms with Crippen molar-refractivity contribution in [2.75, 3.05) is 37.6 Å². The van der Waals surface area contributed by atoms with E-state index in [0.29, 0.717) is 23.4 Å². The molecular formula is C28H37N7OS. The number of likely N-dealkylation sites (N-methyl/N-ethyl adjacent to an activating group) is 1. The number of carbonyl (C=O) groups excluding carboxylic acids is 1. The van der Waals surface area contributed by atoms with Crippen LogP contribution in [0.1, 0.15) is 45.0 Å². The minimum atomic E-state index is -0.0982. The molecule has 1 saturated heterocycles. The Hall–Kier alpha value is -3.17. The molecule has 1 N–H and O–H groups in total. The van der Waals surface area contributed by atoms with Crippen molar-refractivity contribution in [3.63, 3.8) is 0 Å². The van der Waals surface area contributed by atoms with Crippen LogP contribution in [0.3, 0.4) is 0 Å². The van der Waals surface area contributed by atoms with E-state index in [1.165, 1.54) is 11.8 Å². The third kappa shape index (κ3) is 6.22. The zero-order valence-corrected chi connectivity index (χ0v) is 23.3. The van der Waals surface area contributed by atoms with E-state index in [9.17, 15) is 4.79 Å². The van der Waals surface area contributed by atoms with Crippen LogP contribution >= 0.6 is 11.8 Å². The first-order chi connectivity index (χ1) is 17.7. The predicted octanol–water partition coefficient (Wildman–Crippen LogP) is 4.89. The number of carbonyl (C=O) groups is 1. The molecule has 0 unspecified atom stereocenters. The van der Waals surface area contributed by atoms with Gasteiger partial charge in [0.2, 0.25) is 0 Å². The van der Waals surface area contributed by atoms with Gasteiger partial charge in [-0.05, 0) is 49.0 Å². The molecule has 196 valence electrons. The van der Waals surface area contributed by atoms with E-state index in [1.54, 1.807) is 16.8 Å². The maximum absolute atomic E-state index is 13.3. The Morgan fingerprint density at radius 1 is 1.27 bits per heavy atom. The Labute approximate surface area is 223 Å². The van der Waals surface area contributed by atoms with Crippen LogP contribution < -0.4 is 10.2 Å². The third-order valence-corrected chi connectivity index (χ3v) is 7.41. The van der Waals surface area contributed by atoms with E-state index in [1.807, 2.05) is 35.9 Å². The summed E-state index contributed by atoms with van der Waals surface area (Å²) in [5.74, 6) is 0.705. The lowest BCUT2D eigenvalue weighted by Gasteiger charge is -2.46. The zero-order valence-electron chi connectivity index (χ0n) is 22.4. The summed E-state index contributed by atoms with van der Waals surface area (Å²) in [4.78, 5) is 27.6. The SMILES string of the molecule is C=C/C=C\Sc1ccn2ncc(-c3cc(C(=O)NC[C@H](C)N(CC)CC)cc(N4CC(C)(C)C4)n3)c2n1. The number of allylic oxidation sites excluding steroid dienone is 2. The maximum atomic E-state index is 13.3. The molecule has 4 heterocycles. The molecule has 0 spiro atoms. The summed E-state index contributed by atoms with van der Waals surface area (Å²) < 4.78 is 1.74. The molecule has 0 aromatic carbocycles. The fraction of sp³-hybridized carbons (Fsp3) is 0.429. The summed E-state index contributed by atoms with van der Waals surface area (Å²) in [5, 5.41) is 10.4. The van der Waals surface area contributed by atoms with Gasteiger partial charge in [-0.2, -0.15) is 5.10 Å². The summed E-state index contributed by atoms with van der Waals surface area (Å²) >= 11 is 1.51. The number of rotatable bonds is 11. The molecule has 1 aliphatic heterocycles. The van der Waals surface area contributed by atoms with E-state index in [2.05, 4.69) is 61.4 Å². The molecule has 1 atom stereocenters. The topological polar surface area (TPSA) is 78.7 Å². The van der Waals surface area contributed by atoms with Gasteiger partial charge in [0.15, 0.2) is 5.65 Å². The molecule has 1 fully saturated rings. The van der Waals surface area contributed by atoms with Gasteiger partial charge < -0.3 is 10.2 Å². The van der Waals surface area contributed by atoms with Crippen molar-refractivity contribution in [1.82, 2.24) is 29.8 Å². The van der Waals surface area contributed by atoms with E-state index >= 15 is 0 Å². The van der Waals surface area contributed by atoms with Crippen LogP contribution in [0.25, 0.3) is 16.9 Å². The molecular weight excluding hydrogens is 482 g/mol. The summed E-state index contributed by atoms with van der Waals surface area (Å²) in [6.45, 7) is 18.9. The van der Waals surface area contributed by atoms with Gasteiger partial charge in [0.1, 0.15) is 10.8 Å². The molecule has 0 radical (unpaired) electrons. The molecule has 37 heavy (non-hydrogen) atoms. The number of pyridine rings is 1. The lowest BCUT2D eigenvalue weighted by molar-refractivity contribution is 0.0938. The van der Waals surface area contributed by atoms with Crippen molar-refractivity contribution < 1.29 is 4.79 Å². The number of fused-ring (bicyclic) bond motifs is 1. The standard InChI is InChI=1S/C28H37N7OS/c1-7-10-13-37-25-11-12-35-26(32-25)22(17-30-35)23-14-21(15-24(31-23)34-18-28(5,6)19-34)27(36)29-16-20(4)33(8-2)9-3/h7,10-15,17,20H,1,8-9,16,18-19H2,2-6H3,(H,29,36)/b13-10-/t20-/m0/s1. The van der Waals surface area contributed by atoms with Crippen LogP contribution in [0, 0.1) is 5.41 Å². The summed E-state index contributed by atoms with van der Waals surface area (Å²) in [5.41, 5.74) is 3.01. The highest BCUT2D eigenvalue weighted by molar-refractivity contribution is 8.02. The minimum Gasteiger partial charge on any atom is -0.355 e. The molecule has 3 aromatic rings. The molecule has 4 rings (SSSR count). The average Bonchev–Trinajstić information content (AvgIpc) is 3.29. The Bertz CT molecular complexity index is 1290. The molecule has 1 amide bonds. The third-order valence-electron chi connectivity index (χ3n) is 6.65. The van der Waals surface area contributed by atoms with Gasteiger partial charge >= 0.3 is 0 Å². The minimum absolute atomic E-state index is 0.0982. The molecule has 1 aliphatic rings. The summed E-state index contributed by atoms with van der Waals surface area (Å²) in [6, 6.07) is 5.92. The van der Waals surface area contributed by atoms with Crippen molar-refractivity contribution >= 4 is 29.1 Å². The van der Waals surface area contributed by atoms with Crippen LogP contribution in [-0.4, -0.2) is 69.2 Å². The lowest BCUT2D eigenvalue weighted by atomic mass is 9.84. The maximum Gasteiger partial charge on any atom is 0.251 e. The summed E-state index contributed by atoms with van der Waals surface area (Å²) in [7, 11) is 0. The first-order valence-corrected chi connectivity index (χ1v) is 13.7. The van der Waals surface area contributed by atoms with Gasteiger partial charge in [-0.3, -0.25) is 9.69 Å². The van der Waals surface area contributed by atoms with Gasteiger partial charge in [-0.15, -0.1) is 0 Å². The summed E-state index contributed by atoms with van der Waals surface area (Å²) in [6.07, 6.45) is 7.27. The number of amides is 1. The van der Waals surface area contributed by atoms with Crippen LogP contribution in [0.15, 0.2) is 59.8 Å². The second kappa shape index (κ2) is 11.5. The van der Waals surface area contributed by atoms with E-state index in [4.69, 9.17) is 9.97 Å². The van der Waals surface area contributed by atoms with Crippen molar-refractivity contribution in [3.8, 4) is 11.3 Å². The number of thioether (sulfide) groups is 1. The second-order valence-corrected chi connectivity index (χ2v) is 11.1. The van der Waals surface area contributed by atoms with Crippen molar-refractivity contribution in [2.24, 2.45) is 5.41 Å². The second-order valence-electron chi connectivity index (χ2n) is 10.2. The Morgan fingerprint density at radius 2 is 2.03 bits per heavy atom. The Morgan fingerprint density at radius 3 is 2.70 bits per heavy atom. The molecule has 0 bridgehead atoms. The van der Waals surface area contributed by atoms with Gasteiger partial charge in [0.05, 0.1) is 17.5 Å². The fourth-order valence-electron chi connectivity index (χ4n) is 4.68. The number of hydrogen-bond acceptors (Lipinski definition) is 7. The number of aromatic nitrogens is 4. The number of nitrogens with one attached hydrogen (secondary N) is 1. The van der Waals surface area contributed by atoms with E-state index in [-0.39, 0.29) is 17.4 Å². The average molecular weight is 520 g/mol. The first-order valence-electron chi connectivity index (χ1n) is 12.8. The Balaban J connectivity index is 1.67. The van der Waals surface area contributed by atoms with Gasteiger partial charge in [0.25, 0.3) is 5.91 Å². The van der Waals surface area contributed by atoms with Crippen molar-refractivity contribution in [1.29, 1.82) is 0 Å². The van der Waals surface area contributed by atoms with Crippen LogP contribution in [-0.2, 0) is 0 Å². The molecule has 0 aliphatic carbocycles. The van der Waals surface area contributed by atoms with Crippen LogP contribution in [0.4, 0.5) is 5.82 Å². The van der Waals surface area contributed by atoms with Crippen LogP contribution in [0.2, 0.25) is 0 Å². The molecule has 3 aromatic heterocycles. The molecule has 0 saturated carbocycles. The smallest absolute Gasteiger partial charge is 0.251 e. The van der Waals surface area contributed by atoms with Crippen molar-refractivity contribution in [3.05, 3.63) is 60.3 Å². The Kier molecular flexibility index (Phi) is 8.34. The number of nitrogens with zero attached hydrogens (tertiary/aromatic N) is 6. The monoisotopic (exact) mass is 519 g/mol. The number of anilines is 1. The predicted molar refractivity (Wildman–Crippen MR) is 152 cm³/mol.